The van der Waals surface area contributed by atoms with Crippen LogP contribution >= 0.6 is 0 Å². The van der Waals surface area contributed by atoms with Gasteiger partial charge in [0, 0.05) is 24.2 Å². The van der Waals surface area contributed by atoms with Gasteiger partial charge in [0.05, 0.1) is 17.5 Å². The molecule has 4 aromatic rings. The SMILES string of the molecule is CC(C)(C)c1ccc(-c2nc3cc(C(=O)NCCC(=O)O)ccc3n2CCCc2ccccc2)cc1. The average Bonchev–Trinajstić information content (AvgIpc) is 3.22. The molecule has 186 valence electrons. The van der Waals surface area contributed by atoms with E-state index in [4.69, 9.17) is 10.1 Å². The molecule has 0 fully saturated rings. The van der Waals surface area contributed by atoms with Crippen LogP contribution in [0.3, 0.4) is 0 Å². The molecule has 6 heteroatoms. The number of carbonyl (C=O) groups is 2. The molecule has 0 bridgehead atoms. The summed E-state index contributed by atoms with van der Waals surface area (Å²) in [4.78, 5) is 28.2. The minimum absolute atomic E-state index is 0.0667. The molecule has 1 amide bonds. The van der Waals surface area contributed by atoms with Crippen LogP contribution in [0, 0.1) is 0 Å². The first-order valence-electron chi connectivity index (χ1n) is 12.4. The molecule has 0 aliphatic heterocycles. The van der Waals surface area contributed by atoms with Crippen molar-refractivity contribution in [1.82, 2.24) is 14.9 Å². The van der Waals surface area contributed by atoms with Crippen molar-refractivity contribution >= 4 is 22.9 Å². The number of hydrogen-bond donors (Lipinski definition) is 2. The van der Waals surface area contributed by atoms with E-state index in [0.717, 1.165) is 41.8 Å². The standard InChI is InChI=1S/C30H33N3O3/c1-30(2,3)24-14-11-22(12-15-24)28-32-25-20-23(29(36)31-18-17-27(34)35)13-16-26(25)33(28)19-7-10-21-8-5-4-6-9-21/h4-6,8-9,11-16,20H,7,10,17-19H2,1-3H3,(H,31,36)(H,34,35). The van der Waals surface area contributed by atoms with Gasteiger partial charge in [0.2, 0.25) is 0 Å². The molecular weight excluding hydrogens is 450 g/mol. The highest BCUT2D eigenvalue weighted by Crippen LogP contribution is 2.29. The largest absolute Gasteiger partial charge is 0.481 e. The highest BCUT2D eigenvalue weighted by molar-refractivity contribution is 5.98. The molecular formula is C30H33N3O3. The number of nitrogens with one attached hydrogen (secondary N) is 1. The van der Waals surface area contributed by atoms with E-state index in [1.807, 2.05) is 12.1 Å². The fraction of sp³-hybridized carbons (Fsp3) is 0.300. The maximum atomic E-state index is 12.6. The predicted molar refractivity (Wildman–Crippen MR) is 143 cm³/mol. The molecule has 0 saturated carbocycles. The molecule has 3 aromatic carbocycles. The number of rotatable bonds is 9. The molecule has 36 heavy (non-hydrogen) atoms. The van der Waals surface area contributed by atoms with Crippen LogP contribution in [0.2, 0.25) is 0 Å². The number of imidazole rings is 1. The first-order valence-corrected chi connectivity index (χ1v) is 12.4. The smallest absolute Gasteiger partial charge is 0.305 e. The van der Waals surface area contributed by atoms with Crippen molar-refractivity contribution in [2.75, 3.05) is 6.54 Å². The van der Waals surface area contributed by atoms with Gasteiger partial charge in [-0.25, -0.2) is 4.98 Å². The molecule has 0 spiro atoms. The van der Waals surface area contributed by atoms with E-state index in [0.29, 0.717) is 5.56 Å². The van der Waals surface area contributed by atoms with Gasteiger partial charge in [-0.1, -0.05) is 75.4 Å². The highest BCUT2D eigenvalue weighted by atomic mass is 16.4. The van der Waals surface area contributed by atoms with Crippen LogP contribution in [0.25, 0.3) is 22.4 Å². The van der Waals surface area contributed by atoms with Crippen LogP contribution in [-0.2, 0) is 23.2 Å². The third-order valence-corrected chi connectivity index (χ3v) is 6.33. The van der Waals surface area contributed by atoms with Gasteiger partial charge < -0.3 is 15.0 Å². The summed E-state index contributed by atoms with van der Waals surface area (Å²) < 4.78 is 2.23. The van der Waals surface area contributed by atoms with E-state index in [9.17, 15) is 9.59 Å². The van der Waals surface area contributed by atoms with E-state index >= 15 is 0 Å². The second-order valence-electron chi connectivity index (χ2n) is 10.1. The van der Waals surface area contributed by atoms with Crippen molar-refractivity contribution in [3.8, 4) is 11.4 Å². The molecule has 1 aromatic heterocycles. The Kier molecular flexibility index (Phi) is 7.53. The van der Waals surface area contributed by atoms with Crippen LogP contribution in [-0.4, -0.2) is 33.1 Å². The van der Waals surface area contributed by atoms with Crippen molar-refractivity contribution in [2.24, 2.45) is 0 Å². The van der Waals surface area contributed by atoms with Crippen LogP contribution in [0.15, 0.2) is 72.8 Å². The van der Waals surface area contributed by atoms with Gasteiger partial charge in [-0.3, -0.25) is 9.59 Å². The Balaban J connectivity index is 1.65. The van der Waals surface area contributed by atoms with E-state index in [2.05, 4.69) is 79.2 Å². The first kappa shape index (κ1) is 25.2. The topological polar surface area (TPSA) is 84.2 Å². The van der Waals surface area contributed by atoms with Crippen LogP contribution in [0.1, 0.15) is 55.1 Å². The van der Waals surface area contributed by atoms with Crippen molar-refractivity contribution in [3.05, 3.63) is 89.5 Å². The number of aliphatic carboxylic acids is 1. The zero-order valence-electron chi connectivity index (χ0n) is 21.1. The number of benzene rings is 3. The quantitative estimate of drug-likeness (QED) is 0.313. The van der Waals surface area contributed by atoms with Crippen molar-refractivity contribution in [3.63, 3.8) is 0 Å². The average molecular weight is 484 g/mol. The molecule has 0 radical (unpaired) electrons. The second kappa shape index (κ2) is 10.8. The van der Waals surface area contributed by atoms with Crippen LogP contribution in [0.5, 0.6) is 0 Å². The zero-order chi connectivity index (χ0) is 25.7. The Bertz CT molecular complexity index is 1350. The number of amides is 1. The second-order valence-corrected chi connectivity index (χ2v) is 10.1. The zero-order valence-corrected chi connectivity index (χ0v) is 21.1. The van der Waals surface area contributed by atoms with E-state index in [-0.39, 0.29) is 24.3 Å². The number of hydrogen-bond acceptors (Lipinski definition) is 3. The molecule has 0 saturated heterocycles. The van der Waals surface area contributed by atoms with Crippen molar-refractivity contribution < 1.29 is 14.7 Å². The third kappa shape index (κ3) is 6.00. The molecule has 4 rings (SSSR count). The number of carboxylic acids is 1. The first-order chi connectivity index (χ1) is 17.2. The summed E-state index contributed by atoms with van der Waals surface area (Å²) in [7, 11) is 0. The molecule has 2 N–H and O–H groups in total. The monoisotopic (exact) mass is 483 g/mol. The van der Waals surface area contributed by atoms with Gasteiger partial charge in [0.25, 0.3) is 5.91 Å². The summed E-state index contributed by atoms with van der Waals surface area (Å²) >= 11 is 0. The van der Waals surface area contributed by atoms with Gasteiger partial charge in [0.1, 0.15) is 5.82 Å². The number of aromatic nitrogens is 2. The number of aryl methyl sites for hydroxylation is 2. The predicted octanol–water partition coefficient (Wildman–Crippen LogP) is 5.84. The van der Waals surface area contributed by atoms with E-state index < -0.39 is 5.97 Å². The highest BCUT2D eigenvalue weighted by Gasteiger charge is 2.17. The Morgan fingerprint density at radius 1 is 0.972 bits per heavy atom. The normalized spacial score (nSPS) is 11.5. The maximum Gasteiger partial charge on any atom is 0.305 e. The number of carboxylic acid groups (broad SMARTS) is 1. The summed E-state index contributed by atoms with van der Waals surface area (Å²) in [5.74, 6) is -0.364. The van der Waals surface area contributed by atoms with E-state index in [1.54, 1.807) is 12.1 Å². The van der Waals surface area contributed by atoms with Gasteiger partial charge >= 0.3 is 5.97 Å². The summed E-state index contributed by atoms with van der Waals surface area (Å²) in [5.41, 5.74) is 5.85. The number of fused-ring (bicyclic) bond motifs is 1. The molecule has 1 heterocycles. The third-order valence-electron chi connectivity index (χ3n) is 6.33. The molecule has 6 nitrogen and oxygen atoms in total. The fourth-order valence-corrected chi connectivity index (χ4v) is 4.31. The Morgan fingerprint density at radius 2 is 1.69 bits per heavy atom. The van der Waals surface area contributed by atoms with Crippen molar-refractivity contribution in [2.45, 2.75) is 52.0 Å². The number of carbonyl (C=O) groups excluding carboxylic acids is 1. The van der Waals surface area contributed by atoms with Gasteiger partial charge in [-0.05, 0) is 47.6 Å². The Hall–Kier alpha value is -3.93. The van der Waals surface area contributed by atoms with Gasteiger partial charge in [-0.15, -0.1) is 0 Å². The van der Waals surface area contributed by atoms with Crippen LogP contribution < -0.4 is 5.32 Å². The number of nitrogens with zero attached hydrogens (tertiary/aromatic N) is 2. The van der Waals surface area contributed by atoms with Crippen molar-refractivity contribution in [1.29, 1.82) is 0 Å². The minimum Gasteiger partial charge on any atom is -0.481 e. The molecule has 0 aliphatic rings. The summed E-state index contributed by atoms with van der Waals surface area (Å²) in [6.07, 6.45) is 1.81. The maximum absolute atomic E-state index is 12.6. The summed E-state index contributed by atoms with van der Waals surface area (Å²) in [6, 6.07) is 24.5. The lowest BCUT2D eigenvalue weighted by atomic mass is 9.87. The Labute approximate surface area is 212 Å². The lowest BCUT2D eigenvalue weighted by Gasteiger charge is -2.19. The lowest BCUT2D eigenvalue weighted by Crippen LogP contribution is -2.25. The summed E-state index contributed by atoms with van der Waals surface area (Å²) in [5, 5.41) is 11.5. The fourth-order valence-electron chi connectivity index (χ4n) is 4.31. The minimum atomic E-state index is -0.942. The molecule has 0 aliphatic carbocycles. The van der Waals surface area contributed by atoms with E-state index in [1.165, 1.54) is 11.1 Å². The van der Waals surface area contributed by atoms with Gasteiger partial charge in [0.15, 0.2) is 0 Å². The van der Waals surface area contributed by atoms with Crippen LogP contribution in [0.4, 0.5) is 0 Å². The van der Waals surface area contributed by atoms with Gasteiger partial charge in [-0.2, -0.15) is 0 Å². The summed E-state index contributed by atoms with van der Waals surface area (Å²) in [6.45, 7) is 7.48. The lowest BCUT2D eigenvalue weighted by molar-refractivity contribution is -0.136. The Morgan fingerprint density at radius 3 is 2.36 bits per heavy atom. The molecule has 0 atom stereocenters. The molecule has 0 unspecified atom stereocenters.